The van der Waals surface area contributed by atoms with Crippen molar-refractivity contribution in [3.8, 4) is 17.0 Å². The van der Waals surface area contributed by atoms with Crippen LogP contribution in [0.2, 0.25) is 5.02 Å². The highest BCUT2D eigenvalue weighted by molar-refractivity contribution is 6.33. The van der Waals surface area contributed by atoms with Crippen molar-refractivity contribution in [2.75, 3.05) is 6.54 Å². The fourth-order valence-corrected chi connectivity index (χ4v) is 4.10. The number of aryl methyl sites for hydroxylation is 1. The summed E-state index contributed by atoms with van der Waals surface area (Å²) >= 11 is 6.36. The molecular weight excluding hydrogens is 449 g/mol. The van der Waals surface area contributed by atoms with Crippen molar-refractivity contribution in [1.29, 1.82) is 0 Å². The van der Waals surface area contributed by atoms with Crippen molar-refractivity contribution in [1.82, 2.24) is 4.98 Å². The maximum atomic E-state index is 13.4. The molecular formula is C26H24ClF3N2O. The number of fused-ring (bicyclic) bond motifs is 1. The molecule has 0 unspecified atom stereocenters. The molecule has 0 atom stereocenters. The van der Waals surface area contributed by atoms with Gasteiger partial charge in [-0.1, -0.05) is 41.9 Å². The van der Waals surface area contributed by atoms with E-state index in [1.54, 1.807) is 0 Å². The van der Waals surface area contributed by atoms with Crippen LogP contribution >= 0.6 is 11.6 Å². The summed E-state index contributed by atoms with van der Waals surface area (Å²) in [6.07, 6.45) is -2.18. The van der Waals surface area contributed by atoms with E-state index in [1.165, 1.54) is 6.07 Å². The summed E-state index contributed by atoms with van der Waals surface area (Å²) in [4.78, 5) is 3.29. The number of halogens is 4. The second-order valence-electron chi connectivity index (χ2n) is 7.90. The molecule has 1 heterocycles. The zero-order valence-corrected chi connectivity index (χ0v) is 18.6. The minimum absolute atomic E-state index is 0.259. The third-order valence-corrected chi connectivity index (χ3v) is 5.90. The molecule has 33 heavy (non-hydrogen) atoms. The predicted octanol–water partition coefficient (Wildman–Crippen LogP) is 7.37. The first-order valence-corrected chi connectivity index (χ1v) is 11.1. The van der Waals surface area contributed by atoms with Gasteiger partial charge in [0.25, 0.3) is 0 Å². The van der Waals surface area contributed by atoms with Gasteiger partial charge in [0.2, 0.25) is 0 Å². The lowest BCUT2D eigenvalue weighted by Crippen LogP contribution is -2.05. The number of aromatic amines is 1. The van der Waals surface area contributed by atoms with Crippen LogP contribution in [0.15, 0.2) is 66.7 Å². The topological polar surface area (TPSA) is 51.0 Å². The van der Waals surface area contributed by atoms with E-state index in [2.05, 4.69) is 4.98 Å². The number of alkyl halides is 3. The third-order valence-electron chi connectivity index (χ3n) is 5.57. The number of nitrogens with two attached hydrogens (primary N) is 1. The Labute approximate surface area is 195 Å². The Morgan fingerprint density at radius 2 is 1.73 bits per heavy atom. The molecule has 0 aliphatic heterocycles. The number of H-pyrrole nitrogens is 1. The average Bonchev–Trinajstić information content (AvgIpc) is 3.16. The highest BCUT2D eigenvalue weighted by Crippen LogP contribution is 2.40. The Morgan fingerprint density at radius 1 is 0.939 bits per heavy atom. The van der Waals surface area contributed by atoms with E-state index in [1.807, 2.05) is 48.5 Å². The van der Waals surface area contributed by atoms with Gasteiger partial charge in [-0.3, -0.25) is 0 Å². The van der Waals surface area contributed by atoms with Crippen LogP contribution in [0, 0.1) is 0 Å². The second-order valence-corrected chi connectivity index (χ2v) is 8.31. The number of aromatic nitrogens is 1. The van der Waals surface area contributed by atoms with Crippen LogP contribution in [0.25, 0.3) is 22.2 Å². The quantitative estimate of drug-likeness (QED) is 0.263. The second kappa shape index (κ2) is 9.89. The van der Waals surface area contributed by atoms with Crippen LogP contribution < -0.4 is 10.5 Å². The molecule has 4 aromatic rings. The molecule has 4 rings (SSSR count). The van der Waals surface area contributed by atoms with E-state index in [9.17, 15) is 13.2 Å². The van der Waals surface area contributed by atoms with Gasteiger partial charge in [0.05, 0.1) is 11.3 Å². The number of hydrogen-bond donors (Lipinski definition) is 2. The fraction of sp³-hybridized carbons (Fsp3) is 0.231. The highest BCUT2D eigenvalue weighted by atomic mass is 35.5. The fourth-order valence-electron chi connectivity index (χ4n) is 3.89. The Bertz CT molecular complexity index is 1240. The molecule has 0 bridgehead atoms. The number of hydrogen-bond acceptors (Lipinski definition) is 2. The number of rotatable bonds is 8. The van der Waals surface area contributed by atoms with E-state index < -0.39 is 11.7 Å². The lowest BCUT2D eigenvalue weighted by atomic mass is 9.99. The van der Waals surface area contributed by atoms with Gasteiger partial charge in [-0.2, -0.15) is 13.2 Å². The first kappa shape index (κ1) is 23.2. The summed E-state index contributed by atoms with van der Waals surface area (Å²) in [5, 5.41) is 1.16. The van der Waals surface area contributed by atoms with Gasteiger partial charge in [0, 0.05) is 21.5 Å². The van der Waals surface area contributed by atoms with Crippen molar-refractivity contribution in [3.05, 3.63) is 88.4 Å². The average molecular weight is 473 g/mol. The number of nitrogens with one attached hydrogen (secondary N) is 1. The van der Waals surface area contributed by atoms with Crippen LogP contribution in [0.4, 0.5) is 13.2 Å². The van der Waals surface area contributed by atoms with E-state index in [4.69, 9.17) is 22.1 Å². The molecule has 3 nitrogen and oxygen atoms in total. The summed E-state index contributed by atoms with van der Waals surface area (Å²) in [6, 6.07) is 18.9. The molecule has 1 aromatic heterocycles. The molecule has 0 radical (unpaired) electrons. The largest absolute Gasteiger partial charge is 0.489 e. The van der Waals surface area contributed by atoms with E-state index in [0.29, 0.717) is 36.6 Å². The van der Waals surface area contributed by atoms with Crippen molar-refractivity contribution < 1.29 is 17.9 Å². The van der Waals surface area contributed by atoms with Gasteiger partial charge in [-0.25, -0.2) is 0 Å². The van der Waals surface area contributed by atoms with Gasteiger partial charge in [0.15, 0.2) is 0 Å². The standard InChI is InChI=1S/C26H24ClF3N2O/c27-23-11-9-18(26(28,29)30)14-22(23)25-20(8-4-5-13-31)21-15-19(10-12-24(21)32-25)33-16-17-6-2-1-3-7-17/h1-3,6-7,9-12,14-15,32H,4-5,8,13,16,31H2. The summed E-state index contributed by atoms with van der Waals surface area (Å²) < 4.78 is 46.1. The van der Waals surface area contributed by atoms with Crippen molar-refractivity contribution in [3.63, 3.8) is 0 Å². The molecule has 0 aliphatic carbocycles. The minimum Gasteiger partial charge on any atom is -0.489 e. The lowest BCUT2D eigenvalue weighted by Gasteiger charge is -2.12. The summed E-state index contributed by atoms with van der Waals surface area (Å²) in [6.45, 7) is 0.971. The van der Waals surface area contributed by atoms with Gasteiger partial charge < -0.3 is 15.5 Å². The highest BCUT2D eigenvalue weighted by Gasteiger charge is 2.31. The molecule has 0 fully saturated rings. The van der Waals surface area contributed by atoms with Gasteiger partial charge in [-0.05, 0) is 73.3 Å². The smallest absolute Gasteiger partial charge is 0.416 e. The van der Waals surface area contributed by atoms with Gasteiger partial charge in [-0.15, -0.1) is 0 Å². The van der Waals surface area contributed by atoms with Crippen LogP contribution in [-0.4, -0.2) is 11.5 Å². The lowest BCUT2D eigenvalue weighted by molar-refractivity contribution is -0.137. The minimum atomic E-state index is -4.45. The van der Waals surface area contributed by atoms with Crippen LogP contribution in [0.5, 0.6) is 5.75 Å². The molecule has 0 saturated heterocycles. The van der Waals surface area contributed by atoms with Crippen LogP contribution in [0.1, 0.15) is 29.5 Å². The summed E-state index contributed by atoms with van der Waals surface area (Å²) in [5.74, 6) is 0.687. The Balaban J connectivity index is 1.75. The van der Waals surface area contributed by atoms with E-state index in [-0.39, 0.29) is 5.02 Å². The molecule has 3 N–H and O–H groups in total. The predicted molar refractivity (Wildman–Crippen MR) is 127 cm³/mol. The number of unbranched alkanes of at least 4 members (excludes halogenated alkanes) is 1. The molecule has 3 aromatic carbocycles. The zero-order valence-electron chi connectivity index (χ0n) is 17.9. The first-order valence-electron chi connectivity index (χ1n) is 10.8. The zero-order chi connectivity index (χ0) is 23.4. The Kier molecular flexibility index (Phi) is 6.96. The molecule has 0 spiro atoms. The van der Waals surface area contributed by atoms with Crippen molar-refractivity contribution in [2.24, 2.45) is 5.73 Å². The Hall–Kier alpha value is -2.96. The molecule has 0 saturated carbocycles. The van der Waals surface area contributed by atoms with E-state index in [0.717, 1.165) is 47.0 Å². The molecule has 7 heteroatoms. The summed E-state index contributed by atoms with van der Waals surface area (Å²) in [7, 11) is 0. The monoisotopic (exact) mass is 472 g/mol. The third kappa shape index (κ3) is 5.34. The van der Waals surface area contributed by atoms with Gasteiger partial charge >= 0.3 is 6.18 Å². The molecule has 0 amide bonds. The molecule has 172 valence electrons. The number of ether oxygens (including phenoxy) is 1. The molecule has 0 aliphatic rings. The SMILES string of the molecule is NCCCCc1c(-c2cc(C(F)(F)F)ccc2Cl)[nH]c2ccc(OCc3ccccc3)cc12. The Morgan fingerprint density at radius 3 is 2.45 bits per heavy atom. The van der Waals surface area contributed by atoms with E-state index >= 15 is 0 Å². The van der Waals surface area contributed by atoms with Crippen LogP contribution in [0.3, 0.4) is 0 Å². The maximum Gasteiger partial charge on any atom is 0.416 e. The van der Waals surface area contributed by atoms with Crippen LogP contribution in [-0.2, 0) is 19.2 Å². The first-order chi connectivity index (χ1) is 15.9. The number of benzene rings is 3. The van der Waals surface area contributed by atoms with Gasteiger partial charge in [0.1, 0.15) is 12.4 Å². The normalized spacial score (nSPS) is 11.8. The summed E-state index contributed by atoms with van der Waals surface area (Å²) in [5.41, 5.74) is 8.63. The van der Waals surface area contributed by atoms with Crippen molar-refractivity contribution in [2.45, 2.75) is 32.0 Å². The van der Waals surface area contributed by atoms with Crippen molar-refractivity contribution >= 4 is 22.5 Å². The maximum absolute atomic E-state index is 13.4.